The van der Waals surface area contributed by atoms with Gasteiger partial charge in [0, 0.05) is 16.0 Å². The number of anilines is 1. The lowest BCUT2D eigenvalue weighted by Gasteiger charge is -2.28. The maximum Gasteiger partial charge on any atom is 0.254 e. The van der Waals surface area contributed by atoms with E-state index in [1.165, 1.54) is 30.5 Å². The smallest absolute Gasteiger partial charge is 0.254 e. The number of nitrogens with two attached hydrogens (primary N) is 1. The lowest BCUT2D eigenvalue weighted by molar-refractivity contribution is 0.0363. The Labute approximate surface area is 221 Å². The van der Waals surface area contributed by atoms with E-state index in [-0.39, 0.29) is 29.4 Å². The van der Waals surface area contributed by atoms with Crippen molar-refractivity contribution in [3.05, 3.63) is 75.5 Å². The van der Waals surface area contributed by atoms with Crippen LogP contribution in [0.1, 0.15) is 72.6 Å². The number of benzene rings is 2. The molecule has 0 unspecified atom stereocenters. The Morgan fingerprint density at radius 3 is 2.70 bits per heavy atom. The molecule has 2 aromatic carbocycles. The summed E-state index contributed by atoms with van der Waals surface area (Å²) in [6.07, 6.45) is 1.39. The van der Waals surface area contributed by atoms with E-state index in [4.69, 9.17) is 5.73 Å². The first-order valence-electron chi connectivity index (χ1n) is 12.2. The lowest BCUT2D eigenvalue weighted by Crippen LogP contribution is -2.30. The van der Waals surface area contributed by atoms with Crippen LogP contribution in [0.15, 0.2) is 47.1 Å². The summed E-state index contributed by atoms with van der Waals surface area (Å²) in [6, 6.07) is 7.91. The Morgan fingerprint density at radius 2 is 2.03 bits per heavy atom. The summed E-state index contributed by atoms with van der Waals surface area (Å²) in [7, 11) is 0. The van der Waals surface area contributed by atoms with Gasteiger partial charge in [-0.05, 0) is 61.6 Å². The van der Waals surface area contributed by atoms with E-state index in [1.54, 1.807) is 6.07 Å². The normalized spacial score (nSPS) is 20.4. The van der Waals surface area contributed by atoms with Crippen molar-refractivity contribution in [1.82, 2.24) is 15.3 Å². The summed E-state index contributed by atoms with van der Waals surface area (Å²) < 4.78 is 43.6. The average molecular weight is 577 g/mol. The molecule has 1 amide bonds. The summed E-state index contributed by atoms with van der Waals surface area (Å²) in [6.45, 7) is 1.94. The molecule has 1 aliphatic rings. The third-order valence-electron chi connectivity index (χ3n) is 6.63. The van der Waals surface area contributed by atoms with Crippen molar-refractivity contribution in [2.75, 3.05) is 5.73 Å². The second kappa shape index (κ2) is 11.6. The zero-order chi connectivity index (χ0) is 26.7. The van der Waals surface area contributed by atoms with Crippen molar-refractivity contribution in [2.24, 2.45) is 0 Å². The number of halogens is 4. The van der Waals surface area contributed by atoms with Gasteiger partial charge < -0.3 is 16.2 Å². The number of nitrogens with zero attached hydrogens (tertiary/aromatic N) is 2. The second-order valence-electron chi connectivity index (χ2n) is 9.33. The van der Waals surface area contributed by atoms with Crippen LogP contribution in [0.2, 0.25) is 0 Å². The zero-order valence-electron chi connectivity index (χ0n) is 20.2. The van der Waals surface area contributed by atoms with Crippen LogP contribution in [0.4, 0.5) is 19.0 Å². The molecule has 0 aliphatic heterocycles. The Kier molecular flexibility index (Phi) is 8.49. The van der Waals surface area contributed by atoms with Gasteiger partial charge in [-0.25, -0.2) is 23.1 Å². The zero-order valence-corrected chi connectivity index (χ0v) is 21.8. The highest BCUT2D eigenvalue weighted by Crippen LogP contribution is 2.35. The van der Waals surface area contributed by atoms with E-state index >= 15 is 4.39 Å². The Morgan fingerprint density at radius 1 is 1.24 bits per heavy atom. The van der Waals surface area contributed by atoms with Gasteiger partial charge >= 0.3 is 0 Å². The van der Waals surface area contributed by atoms with Crippen LogP contribution in [-0.2, 0) is 0 Å². The molecule has 1 heterocycles. The molecule has 1 aromatic heterocycles. The van der Waals surface area contributed by atoms with Crippen LogP contribution in [0.5, 0.6) is 0 Å². The van der Waals surface area contributed by atoms with Gasteiger partial charge in [0.2, 0.25) is 0 Å². The molecule has 1 saturated carbocycles. The number of alkyl halides is 1. The van der Waals surface area contributed by atoms with Crippen LogP contribution in [0.3, 0.4) is 0 Å². The summed E-state index contributed by atoms with van der Waals surface area (Å²) in [5.74, 6) is -2.01. The molecule has 0 bridgehead atoms. The number of carbonyl (C=O) groups excluding carboxylic acids is 1. The number of carbonyl (C=O) groups is 1. The SMILES string of the molecule is CCC[C@@H](NC(=O)c1ccc(-c2nc([C@@H]3CC[C@@H](O)[C@@H](F)C3)cnc2N)cc1F)c1cc(F)cc(Br)c1. The standard InChI is InChI=1S/C27H28BrF3N4O2/c1-2-3-22(16-8-17(28)12-18(29)9-16)35-27(37)19-6-4-15(11-20(19)30)25-26(32)33-13-23(34-25)14-5-7-24(36)21(31)10-14/h4,6,8-9,11-14,21-22,24,36H,2-3,5,7,10H2,1H3,(H2,32,33)(H,35,37)/t14-,21+,22-,24-/m1/s1. The van der Waals surface area contributed by atoms with Crippen molar-refractivity contribution in [3.63, 3.8) is 0 Å². The van der Waals surface area contributed by atoms with Gasteiger partial charge in [-0.2, -0.15) is 0 Å². The minimum atomic E-state index is -1.35. The predicted octanol–water partition coefficient (Wildman–Crippen LogP) is 6.00. The number of rotatable bonds is 7. The molecule has 1 aliphatic carbocycles. The lowest BCUT2D eigenvalue weighted by atomic mass is 9.84. The average Bonchev–Trinajstić information content (AvgIpc) is 2.85. The van der Waals surface area contributed by atoms with Crippen molar-refractivity contribution >= 4 is 27.7 Å². The topological polar surface area (TPSA) is 101 Å². The molecular weight excluding hydrogens is 549 g/mol. The van der Waals surface area contributed by atoms with E-state index in [2.05, 4.69) is 31.2 Å². The third kappa shape index (κ3) is 6.30. The fourth-order valence-electron chi connectivity index (χ4n) is 4.66. The Bertz CT molecular complexity index is 1270. The molecule has 196 valence electrons. The van der Waals surface area contributed by atoms with Crippen LogP contribution in [0, 0.1) is 11.6 Å². The number of aliphatic hydroxyl groups is 1. The van der Waals surface area contributed by atoms with E-state index in [0.29, 0.717) is 40.6 Å². The third-order valence-corrected chi connectivity index (χ3v) is 7.09. The van der Waals surface area contributed by atoms with E-state index in [1.807, 2.05) is 6.92 Å². The number of hydrogen-bond acceptors (Lipinski definition) is 5. The second-order valence-corrected chi connectivity index (χ2v) is 10.2. The first-order chi connectivity index (χ1) is 17.7. The monoisotopic (exact) mass is 576 g/mol. The van der Waals surface area contributed by atoms with Crippen molar-refractivity contribution < 1.29 is 23.1 Å². The van der Waals surface area contributed by atoms with Crippen molar-refractivity contribution in [1.29, 1.82) is 0 Å². The number of aliphatic hydroxyl groups excluding tert-OH is 1. The summed E-state index contributed by atoms with van der Waals surface area (Å²) in [4.78, 5) is 21.7. The molecule has 0 radical (unpaired) electrons. The molecule has 10 heteroatoms. The summed E-state index contributed by atoms with van der Waals surface area (Å²) in [5.41, 5.74) is 7.49. The quantitative estimate of drug-likeness (QED) is 0.320. The number of hydrogen-bond donors (Lipinski definition) is 3. The maximum atomic E-state index is 15.1. The summed E-state index contributed by atoms with van der Waals surface area (Å²) in [5, 5.41) is 12.5. The van der Waals surface area contributed by atoms with Gasteiger partial charge in [0.15, 0.2) is 0 Å². The van der Waals surface area contributed by atoms with Gasteiger partial charge in [0.1, 0.15) is 29.3 Å². The minimum Gasteiger partial charge on any atom is -0.390 e. The van der Waals surface area contributed by atoms with E-state index in [9.17, 15) is 18.7 Å². The molecule has 0 spiro atoms. The molecular formula is C27H28BrF3N4O2. The van der Waals surface area contributed by atoms with Gasteiger partial charge in [-0.15, -0.1) is 0 Å². The number of amides is 1. The van der Waals surface area contributed by atoms with Gasteiger partial charge in [-0.3, -0.25) is 4.79 Å². The highest BCUT2D eigenvalue weighted by molar-refractivity contribution is 9.10. The Balaban J connectivity index is 1.56. The first-order valence-corrected chi connectivity index (χ1v) is 13.0. The molecule has 6 nitrogen and oxygen atoms in total. The summed E-state index contributed by atoms with van der Waals surface area (Å²) >= 11 is 3.26. The molecule has 37 heavy (non-hydrogen) atoms. The molecule has 3 aromatic rings. The van der Waals surface area contributed by atoms with Crippen LogP contribution >= 0.6 is 15.9 Å². The molecule has 1 fully saturated rings. The van der Waals surface area contributed by atoms with Crippen LogP contribution in [0.25, 0.3) is 11.3 Å². The predicted molar refractivity (Wildman–Crippen MR) is 139 cm³/mol. The Hall–Kier alpha value is -2.98. The maximum absolute atomic E-state index is 15.1. The number of nitrogen functional groups attached to an aromatic ring is 1. The van der Waals surface area contributed by atoms with E-state index in [0.717, 1.165) is 12.5 Å². The fourth-order valence-corrected chi connectivity index (χ4v) is 5.14. The highest BCUT2D eigenvalue weighted by atomic mass is 79.9. The van der Waals surface area contributed by atoms with Gasteiger partial charge in [0.05, 0.1) is 29.6 Å². The van der Waals surface area contributed by atoms with Gasteiger partial charge in [0.25, 0.3) is 5.91 Å². The van der Waals surface area contributed by atoms with Crippen LogP contribution in [-0.4, -0.2) is 33.3 Å². The fraction of sp³-hybridized carbons (Fsp3) is 0.370. The van der Waals surface area contributed by atoms with Crippen LogP contribution < -0.4 is 11.1 Å². The molecule has 4 rings (SSSR count). The van der Waals surface area contributed by atoms with Crippen molar-refractivity contribution in [3.8, 4) is 11.3 Å². The van der Waals surface area contributed by atoms with Gasteiger partial charge in [-0.1, -0.05) is 35.3 Å². The number of aromatic nitrogens is 2. The molecule has 4 atom stereocenters. The largest absolute Gasteiger partial charge is 0.390 e. The minimum absolute atomic E-state index is 0.0766. The molecule has 0 saturated heterocycles. The highest BCUT2D eigenvalue weighted by Gasteiger charge is 2.31. The van der Waals surface area contributed by atoms with E-state index < -0.39 is 35.9 Å². The number of nitrogens with one attached hydrogen (secondary N) is 1. The van der Waals surface area contributed by atoms with Crippen molar-refractivity contribution in [2.45, 2.75) is 63.3 Å². The molecule has 4 N–H and O–H groups in total. The first kappa shape index (κ1) is 27.1.